The molecule has 21 heavy (non-hydrogen) atoms. The zero-order valence-corrected chi connectivity index (χ0v) is 11.9. The van der Waals surface area contributed by atoms with E-state index in [2.05, 4.69) is 5.32 Å². The Morgan fingerprint density at radius 3 is 2.71 bits per heavy atom. The molecule has 6 nitrogen and oxygen atoms in total. The van der Waals surface area contributed by atoms with Crippen LogP contribution in [0.1, 0.15) is 5.56 Å². The number of fused-ring (bicyclic) bond motifs is 1. The second-order valence-electron chi connectivity index (χ2n) is 5.03. The van der Waals surface area contributed by atoms with Crippen LogP contribution in [0, 0.1) is 0 Å². The van der Waals surface area contributed by atoms with Gasteiger partial charge in [0, 0.05) is 5.75 Å². The molecule has 2 heterocycles. The van der Waals surface area contributed by atoms with Crippen LogP contribution in [0.3, 0.4) is 0 Å². The minimum atomic E-state index is -0.993. The van der Waals surface area contributed by atoms with E-state index < -0.39 is 18.1 Å². The summed E-state index contributed by atoms with van der Waals surface area (Å²) < 4.78 is 0. The second kappa shape index (κ2) is 5.40. The van der Waals surface area contributed by atoms with E-state index in [1.165, 1.54) is 16.7 Å². The van der Waals surface area contributed by atoms with Gasteiger partial charge in [-0.1, -0.05) is 30.3 Å². The lowest BCUT2D eigenvalue weighted by Gasteiger charge is -2.43. The lowest BCUT2D eigenvalue weighted by Crippen LogP contribution is -2.70. The first kappa shape index (κ1) is 13.9. The molecule has 0 radical (unpaired) electrons. The van der Waals surface area contributed by atoms with Gasteiger partial charge in [0.05, 0.1) is 6.42 Å². The number of aliphatic carboxylic acids is 1. The van der Waals surface area contributed by atoms with Crippen LogP contribution in [-0.4, -0.2) is 51.0 Å². The summed E-state index contributed by atoms with van der Waals surface area (Å²) in [5.74, 6) is -1.15. The van der Waals surface area contributed by atoms with Crippen molar-refractivity contribution in [1.29, 1.82) is 0 Å². The van der Waals surface area contributed by atoms with Crippen molar-refractivity contribution in [2.24, 2.45) is 0 Å². The molecule has 7 heteroatoms. The van der Waals surface area contributed by atoms with Crippen molar-refractivity contribution in [1.82, 2.24) is 10.2 Å². The van der Waals surface area contributed by atoms with Crippen molar-refractivity contribution in [3.8, 4) is 0 Å². The van der Waals surface area contributed by atoms with Gasteiger partial charge in [-0.2, -0.15) is 0 Å². The molecule has 2 aliphatic rings. The van der Waals surface area contributed by atoms with E-state index >= 15 is 0 Å². The number of rotatable bonds is 4. The maximum Gasteiger partial charge on any atom is 0.327 e. The van der Waals surface area contributed by atoms with E-state index in [1.807, 2.05) is 30.3 Å². The molecular weight excluding hydrogens is 292 g/mol. The lowest BCUT2D eigenvalue weighted by molar-refractivity contribution is -0.159. The fourth-order valence-electron chi connectivity index (χ4n) is 2.59. The Balaban J connectivity index is 1.59. The highest BCUT2D eigenvalue weighted by Crippen LogP contribution is 2.39. The zero-order valence-electron chi connectivity index (χ0n) is 11.1. The molecule has 1 aromatic carbocycles. The van der Waals surface area contributed by atoms with Crippen molar-refractivity contribution in [3.63, 3.8) is 0 Å². The molecule has 110 valence electrons. The number of amides is 2. The molecule has 0 aromatic heterocycles. The summed E-state index contributed by atoms with van der Waals surface area (Å²) in [5, 5.41) is 11.5. The number of hydrogen-bond donors (Lipinski definition) is 2. The first-order chi connectivity index (χ1) is 10.1. The average molecular weight is 306 g/mol. The Morgan fingerprint density at radius 2 is 2.05 bits per heavy atom. The van der Waals surface area contributed by atoms with Gasteiger partial charge in [-0.05, 0) is 5.56 Å². The Kier molecular flexibility index (Phi) is 3.59. The van der Waals surface area contributed by atoms with Crippen LogP contribution in [0.2, 0.25) is 0 Å². The highest BCUT2D eigenvalue weighted by molar-refractivity contribution is 8.00. The average Bonchev–Trinajstić information content (AvgIpc) is 2.86. The van der Waals surface area contributed by atoms with Gasteiger partial charge in [0.25, 0.3) is 0 Å². The normalized spacial score (nSPS) is 27.0. The van der Waals surface area contributed by atoms with Crippen molar-refractivity contribution >= 4 is 29.5 Å². The van der Waals surface area contributed by atoms with E-state index in [4.69, 9.17) is 5.11 Å². The number of carboxylic acids is 1. The number of carboxylic acid groups (broad SMARTS) is 1. The fraction of sp³-hybridized carbons (Fsp3) is 0.357. The van der Waals surface area contributed by atoms with Gasteiger partial charge in [-0.3, -0.25) is 9.59 Å². The van der Waals surface area contributed by atoms with E-state index in [0.29, 0.717) is 5.75 Å². The summed E-state index contributed by atoms with van der Waals surface area (Å²) in [5.41, 5.74) is 0.876. The molecule has 0 bridgehead atoms. The quantitative estimate of drug-likeness (QED) is 0.770. The second-order valence-corrected chi connectivity index (χ2v) is 6.18. The number of β-lactam (4-membered cyclic amide) rings is 1. The molecule has 0 saturated carbocycles. The maximum atomic E-state index is 12.0. The molecule has 3 rings (SSSR count). The zero-order chi connectivity index (χ0) is 15.0. The van der Waals surface area contributed by atoms with Gasteiger partial charge >= 0.3 is 5.97 Å². The van der Waals surface area contributed by atoms with E-state index in [9.17, 15) is 14.4 Å². The minimum absolute atomic E-state index is 0.213. The molecule has 0 spiro atoms. The summed E-state index contributed by atoms with van der Waals surface area (Å²) in [7, 11) is 0. The molecule has 2 aliphatic heterocycles. The van der Waals surface area contributed by atoms with Crippen molar-refractivity contribution in [2.45, 2.75) is 23.9 Å². The molecular formula is C14H14N2O4S. The van der Waals surface area contributed by atoms with E-state index in [1.54, 1.807) is 0 Å². The van der Waals surface area contributed by atoms with Crippen molar-refractivity contribution in [3.05, 3.63) is 35.9 Å². The van der Waals surface area contributed by atoms with Crippen LogP contribution < -0.4 is 5.32 Å². The van der Waals surface area contributed by atoms with Crippen LogP contribution in [-0.2, 0) is 20.8 Å². The topological polar surface area (TPSA) is 86.7 Å². The first-order valence-corrected chi connectivity index (χ1v) is 7.62. The number of carbonyl (C=O) groups excluding carboxylic acids is 2. The number of nitrogens with zero attached hydrogens (tertiary/aromatic N) is 1. The van der Waals surface area contributed by atoms with Gasteiger partial charge in [0.15, 0.2) is 0 Å². The molecule has 0 aliphatic carbocycles. The Hall–Kier alpha value is -2.02. The van der Waals surface area contributed by atoms with Gasteiger partial charge in [-0.25, -0.2) is 4.79 Å². The summed E-state index contributed by atoms with van der Waals surface area (Å²) in [4.78, 5) is 36.3. The number of benzene rings is 1. The molecule has 2 N–H and O–H groups in total. The van der Waals surface area contributed by atoms with E-state index in [0.717, 1.165) is 5.56 Å². The highest BCUT2D eigenvalue weighted by atomic mass is 32.2. The van der Waals surface area contributed by atoms with Crippen molar-refractivity contribution < 1.29 is 19.5 Å². The smallest absolute Gasteiger partial charge is 0.327 e. The Bertz CT molecular complexity index is 592. The van der Waals surface area contributed by atoms with Crippen LogP contribution in [0.4, 0.5) is 0 Å². The van der Waals surface area contributed by atoms with E-state index in [-0.39, 0.29) is 23.6 Å². The predicted octanol–water partition coefficient (Wildman–Crippen LogP) is 0.0822. The van der Waals surface area contributed by atoms with Gasteiger partial charge in [0.1, 0.15) is 17.5 Å². The monoisotopic (exact) mass is 306 g/mol. The molecule has 3 unspecified atom stereocenters. The SMILES string of the molecule is O=C(Cc1ccccc1)NC1C(=O)N2C(C(=O)O)CSC12. The van der Waals surface area contributed by atoms with Gasteiger partial charge in [0.2, 0.25) is 11.8 Å². The Morgan fingerprint density at radius 1 is 1.33 bits per heavy atom. The lowest BCUT2D eigenvalue weighted by atomic mass is 10.0. The number of carbonyl (C=O) groups is 3. The number of thioether (sulfide) groups is 1. The van der Waals surface area contributed by atoms with Crippen LogP contribution >= 0.6 is 11.8 Å². The molecule has 3 atom stereocenters. The van der Waals surface area contributed by atoms with Crippen LogP contribution in [0.15, 0.2) is 30.3 Å². The first-order valence-electron chi connectivity index (χ1n) is 6.58. The highest BCUT2D eigenvalue weighted by Gasteiger charge is 2.57. The summed E-state index contributed by atoms with van der Waals surface area (Å²) in [6.07, 6.45) is 0.213. The minimum Gasteiger partial charge on any atom is -0.480 e. The summed E-state index contributed by atoms with van der Waals surface area (Å²) in [6, 6.07) is 7.89. The third-order valence-corrected chi connectivity index (χ3v) is 5.00. The molecule has 2 amide bonds. The fourth-order valence-corrected chi connectivity index (χ4v) is 4.06. The predicted molar refractivity (Wildman–Crippen MR) is 76.6 cm³/mol. The van der Waals surface area contributed by atoms with Crippen molar-refractivity contribution in [2.75, 3.05) is 5.75 Å². The third-order valence-electron chi connectivity index (χ3n) is 3.65. The van der Waals surface area contributed by atoms with Crippen LogP contribution in [0.5, 0.6) is 0 Å². The molecule has 2 fully saturated rings. The standard InChI is InChI=1S/C14H14N2O4S/c17-10(6-8-4-2-1-3-5-8)15-11-12(18)16-9(14(19)20)7-21-13(11)16/h1-5,9,11,13H,6-7H2,(H,15,17)(H,19,20). The largest absolute Gasteiger partial charge is 0.480 e. The van der Waals surface area contributed by atoms with Gasteiger partial charge < -0.3 is 15.3 Å². The Labute approximate surface area is 125 Å². The maximum absolute atomic E-state index is 12.0. The summed E-state index contributed by atoms with van der Waals surface area (Å²) in [6.45, 7) is 0. The van der Waals surface area contributed by atoms with Crippen LogP contribution in [0.25, 0.3) is 0 Å². The number of hydrogen-bond acceptors (Lipinski definition) is 4. The molecule has 1 aromatic rings. The summed E-state index contributed by atoms with van der Waals surface area (Å²) >= 11 is 1.40. The third kappa shape index (κ3) is 2.49. The van der Waals surface area contributed by atoms with Gasteiger partial charge in [-0.15, -0.1) is 11.8 Å². The molecule has 2 saturated heterocycles. The number of nitrogens with one attached hydrogen (secondary N) is 1.